The number of nitrogens with zero attached hydrogens (tertiary/aromatic N) is 1. The molecule has 25 heavy (non-hydrogen) atoms. The number of furan rings is 1. The van der Waals surface area contributed by atoms with Gasteiger partial charge in [-0.25, -0.2) is 4.79 Å². The van der Waals surface area contributed by atoms with Crippen LogP contribution < -0.4 is 5.32 Å². The van der Waals surface area contributed by atoms with Crippen LogP contribution in [0.25, 0.3) is 0 Å². The first-order chi connectivity index (χ1) is 12.0. The molecular weight excluding hydrogens is 324 g/mol. The molecule has 7 nitrogen and oxygen atoms in total. The van der Waals surface area contributed by atoms with Gasteiger partial charge in [-0.05, 0) is 29.7 Å². The van der Waals surface area contributed by atoms with Crippen LogP contribution in [0.5, 0.6) is 0 Å². The third kappa shape index (κ3) is 4.06. The molecular formula is C18H18N2O5. The van der Waals surface area contributed by atoms with Crippen LogP contribution in [0.2, 0.25) is 0 Å². The zero-order chi connectivity index (χ0) is 17.8. The van der Waals surface area contributed by atoms with E-state index < -0.39 is 11.9 Å². The van der Waals surface area contributed by atoms with Gasteiger partial charge in [0.2, 0.25) is 11.7 Å². The van der Waals surface area contributed by atoms with Gasteiger partial charge in [0, 0.05) is 26.1 Å². The number of rotatable bonds is 6. The lowest BCUT2D eigenvalue weighted by atomic mass is 10.1. The minimum atomic E-state index is -1.22. The van der Waals surface area contributed by atoms with E-state index in [9.17, 15) is 14.4 Å². The van der Waals surface area contributed by atoms with E-state index in [1.54, 1.807) is 0 Å². The molecule has 1 fully saturated rings. The zero-order valence-electron chi connectivity index (χ0n) is 13.5. The third-order valence-electron chi connectivity index (χ3n) is 4.03. The van der Waals surface area contributed by atoms with Gasteiger partial charge in [-0.15, -0.1) is 0 Å². The van der Waals surface area contributed by atoms with Crippen molar-refractivity contribution in [2.75, 3.05) is 6.54 Å². The molecule has 2 N–H and O–H groups in total. The predicted octanol–water partition coefficient (Wildman–Crippen LogP) is 2.03. The average molecular weight is 342 g/mol. The van der Waals surface area contributed by atoms with Crippen LogP contribution in [0.3, 0.4) is 0 Å². The van der Waals surface area contributed by atoms with Crippen molar-refractivity contribution in [1.29, 1.82) is 0 Å². The van der Waals surface area contributed by atoms with E-state index in [4.69, 9.17) is 9.52 Å². The normalized spacial score (nSPS) is 13.9. The van der Waals surface area contributed by atoms with Crippen molar-refractivity contribution in [3.05, 3.63) is 59.0 Å². The molecule has 1 aromatic carbocycles. The van der Waals surface area contributed by atoms with Gasteiger partial charge >= 0.3 is 5.97 Å². The first kappa shape index (κ1) is 16.8. The summed E-state index contributed by atoms with van der Waals surface area (Å²) in [7, 11) is 0. The first-order valence-electron chi connectivity index (χ1n) is 8.00. The van der Waals surface area contributed by atoms with E-state index in [0.717, 1.165) is 24.1 Å². The summed E-state index contributed by atoms with van der Waals surface area (Å²) in [5, 5.41) is 11.5. The standard InChI is InChI=1S/C18H18N2O5/c21-16-5-2-8-20(16)11-13-4-1-3-12(9-13)10-19-17(22)14-6-7-15(25-14)18(23)24/h1,3-4,6-7,9H,2,5,8,10-11H2,(H,19,22)(H,23,24). The average Bonchev–Trinajstić information content (AvgIpc) is 3.23. The largest absolute Gasteiger partial charge is 0.475 e. The smallest absolute Gasteiger partial charge is 0.371 e. The van der Waals surface area contributed by atoms with Gasteiger partial charge in [0.15, 0.2) is 5.76 Å². The molecule has 2 heterocycles. The quantitative estimate of drug-likeness (QED) is 0.837. The molecule has 0 spiro atoms. The third-order valence-corrected chi connectivity index (χ3v) is 4.03. The van der Waals surface area contributed by atoms with Crippen LogP contribution in [-0.2, 0) is 17.9 Å². The van der Waals surface area contributed by atoms with Crippen molar-refractivity contribution < 1.29 is 23.9 Å². The fourth-order valence-electron chi connectivity index (χ4n) is 2.77. The summed E-state index contributed by atoms with van der Waals surface area (Å²) in [5.74, 6) is -1.85. The van der Waals surface area contributed by atoms with Crippen LogP contribution in [-0.4, -0.2) is 34.3 Å². The van der Waals surface area contributed by atoms with Crippen molar-refractivity contribution in [3.63, 3.8) is 0 Å². The molecule has 0 atom stereocenters. The van der Waals surface area contributed by atoms with Gasteiger partial charge in [-0.2, -0.15) is 0 Å². The van der Waals surface area contributed by atoms with Crippen LogP contribution in [0.4, 0.5) is 0 Å². The van der Waals surface area contributed by atoms with Gasteiger partial charge in [-0.3, -0.25) is 9.59 Å². The molecule has 0 aliphatic carbocycles. The van der Waals surface area contributed by atoms with Crippen molar-refractivity contribution in [1.82, 2.24) is 10.2 Å². The number of carboxylic acids is 1. The minimum Gasteiger partial charge on any atom is -0.475 e. The highest BCUT2D eigenvalue weighted by atomic mass is 16.4. The Hall–Kier alpha value is -3.09. The number of likely N-dealkylation sites (tertiary alicyclic amines) is 1. The number of nitrogens with one attached hydrogen (secondary N) is 1. The molecule has 130 valence electrons. The van der Waals surface area contributed by atoms with Gasteiger partial charge in [0.05, 0.1) is 0 Å². The maximum absolute atomic E-state index is 12.0. The Morgan fingerprint density at radius 1 is 1.16 bits per heavy atom. The van der Waals surface area contributed by atoms with Crippen LogP contribution in [0.1, 0.15) is 45.1 Å². The maximum atomic E-state index is 12.0. The number of carboxylic acid groups (broad SMARTS) is 1. The van der Waals surface area contributed by atoms with Gasteiger partial charge < -0.3 is 19.7 Å². The SMILES string of the molecule is O=C(O)c1ccc(C(=O)NCc2cccc(CN3CCCC3=O)c2)o1. The summed E-state index contributed by atoms with van der Waals surface area (Å²) >= 11 is 0. The Morgan fingerprint density at radius 3 is 2.60 bits per heavy atom. The van der Waals surface area contributed by atoms with Crippen molar-refractivity contribution in [2.24, 2.45) is 0 Å². The Kier molecular flexibility index (Phi) is 4.83. The molecule has 3 rings (SSSR count). The Bertz CT molecular complexity index is 811. The fraction of sp³-hybridized carbons (Fsp3) is 0.278. The molecule has 2 amide bonds. The van der Waals surface area contributed by atoms with E-state index in [-0.39, 0.29) is 24.0 Å². The Morgan fingerprint density at radius 2 is 1.92 bits per heavy atom. The van der Waals surface area contributed by atoms with E-state index in [1.165, 1.54) is 12.1 Å². The molecule has 0 radical (unpaired) electrons. The second kappa shape index (κ2) is 7.21. The van der Waals surface area contributed by atoms with E-state index in [1.807, 2.05) is 29.2 Å². The highest BCUT2D eigenvalue weighted by molar-refractivity contribution is 5.93. The Labute approximate surface area is 144 Å². The van der Waals surface area contributed by atoms with E-state index in [0.29, 0.717) is 13.0 Å². The summed E-state index contributed by atoms with van der Waals surface area (Å²) in [5.41, 5.74) is 1.90. The summed E-state index contributed by atoms with van der Waals surface area (Å²) in [4.78, 5) is 36.3. The number of hydrogen-bond acceptors (Lipinski definition) is 4. The van der Waals surface area contributed by atoms with Crippen molar-refractivity contribution >= 4 is 17.8 Å². The van der Waals surface area contributed by atoms with Crippen LogP contribution in [0.15, 0.2) is 40.8 Å². The predicted molar refractivity (Wildman–Crippen MR) is 87.9 cm³/mol. The molecule has 2 aromatic rings. The molecule has 0 unspecified atom stereocenters. The fourth-order valence-corrected chi connectivity index (χ4v) is 2.77. The summed E-state index contributed by atoms with van der Waals surface area (Å²) < 4.78 is 4.96. The number of hydrogen-bond donors (Lipinski definition) is 2. The monoisotopic (exact) mass is 342 g/mol. The Balaban J connectivity index is 1.59. The molecule has 7 heteroatoms. The highest BCUT2D eigenvalue weighted by Gasteiger charge is 2.20. The first-order valence-corrected chi connectivity index (χ1v) is 8.00. The number of benzene rings is 1. The summed E-state index contributed by atoms with van der Waals surface area (Å²) in [6.45, 7) is 1.63. The second-order valence-corrected chi connectivity index (χ2v) is 5.89. The molecule has 0 bridgehead atoms. The molecule has 1 saturated heterocycles. The minimum absolute atomic E-state index is 0.0452. The lowest BCUT2D eigenvalue weighted by Crippen LogP contribution is -2.24. The number of aromatic carboxylic acids is 1. The van der Waals surface area contributed by atoms with E-state index in [2.05, 4.69) is 5.32 Å². The molecule has 1 aromatic heterocycles. The summed E-state index contributed by atoms with van der Waals surface area (Å²) in [6.07, 6.45) is 1.51. The lowest BCUT2D eigenvalue weighted by Gasteiger charge is -2.16. The number of carbonyl (C=O) groups excluding carboxylic acids is 2. The van der Waals surface area contributed by atoms with Crippen molar-refractivity contribution in [3.8, 4) is 0 Å². The number of amides is 2. The van der Waals surface area contributed by atoms with Crippen LogP contribution >= 0.6 is 0 Å². The maximum Gasteiger partial charge on any atom is 0.371 e. The zero-order valence-corrected chi connectivity index (χ0v) is 13.5. The second-order valence-electron chi connectivity index (χ2n) is 5.89. The van der Waals surface area contributed by atoms with Gasteiger partial charge in [0.25, 0.3) is 5.91 Å². The van der Waals surface area contributed by atoms with Crippen molar-refractivity contribution in [2.45, 2.75) is 25.9 Å². The molecule has 1 aliphatic heterocycles. The van der Waals surface area contributed by atoms with Gasteiger partial charge in [0.1, 0.15) is 0 Å². The number of carbonyl (C=O) groups is 3. The van der Waals surface area contributed by atoms with Crippen LogP contribution in [0, 0.1) is 0 Å². The topological polar surface area (TPSA) is 99.8 Å². The highest BCUT2D eigenvalue weighted by Crippen LogP contribution is 2.15. The van der Waals surface area contributed by atoms with E-state index >= 15 is 0 Å². The lowest BCUT2D eigenvalue weighted by molar-refractivity contribution is -0.128. The molecule has 0 saturated carbocycles. The summed E-state index contributed by atoms with van der Waals surface area (Å²) in [6, 6.07) is 10.2. The molecule has 1 aliphatic rings. The van der Waals surface area contributed by atoms with Gasteiger partial charge in [-0.1, -0.05) is 24.3 Å².